The normalized spacial score (nSPS) is 10.2. The van der Waals surface area contributed by atoms with Crippen LogP contribution in [0.2, 0.25) is 0 Å². The van der Waals surface area contributed by atoms with E-state index >= 15 is 0 Å². The zero-order chi connectivity index (χ0) is 9.19. The average Bonchev–Trinajstić information content (AvgIpc) is 1.91. The first-order valence-electron chi connectivity index (χ1n) is 2.92. The first-order chi connectivity index (χ1) is 5.49. The van der Waals surface area contributed by atoms with Gasteiger partial charge in [-0.25, -0.2) is 8.42 Å². The standard InChI is InChI=1S/C6H6O5S.Na/c7-5-3-1-2-4-6(5)11-12(8,9)10;/h1-4,7H,(H,8,9,10);/q;+1/p-1. The van der Waals surface area contributed by atoms with Gasteiger partial charge in [0.1, 0.15) is 0 Å². The molecule has 13 heavy (non-hydrogen) atoms. The van der Waals surface area contributed by atoms with Gasteiger partial charge in [-0.05, 0) is 12.1 Å². The predicted octanol–water partition coefficient (Wildman–Crippen LogP) is -2.76. The van der Waals surface area contributed by atoms with Crippen LogP contribution in [0.15, 0.2) is 24.3 Å². The van der Waals surface area contributed by atoms with Gasteiger partial charge in [0.05, 0.1) is 0 Å². The van der Waals surface area contributed by atoms with Gasteiger partial charge in [-0.2, -0.15) is 0 Å². The summed E-state index contributed by atoms with van der Waals surface area (Å²) in [5.74, 6) is -0.760. The third-order valence-corrected chi connectivity index (χ3v) is 1.44. The first-order valence-corrected chi connectivity index (χ1v) is 4.26. The smallest absolute Gasteiger partial charge is 0.716 e. The van der Waals surface area contributed by atoms with Gasteiger partial charge < -0.3 is 13.8 Å². The van der Waals surface area contributed by atoms with E-state index in [1.165, 1.54) is 24.3 Å². The fourth-order valence-corrected chi connectivity index (χ4v) is 0.998. The fraction of sp³-hybridized carbons (Fsp3) is 0. The van der Waals surface area contributed by atoms with Crippen LogP contribution in [0.5, 0.6) is 11.5 Å². The van der Waals surface area contributed by atoms with Gasteiger partial charge in [0.15, 0.2) is 11.5 Å². The van der Waals surface area contributed by atoms with Crippen molar-refractivity contribution in [1.82, 2.24) is 0 Å². The van der Waals surface area contributed by atoms with Crippen molar-refractivity contribution in [2.45, 2.75) is 0 Å². The van der Waals surface area contributed by atoms with Crippen molar-refractivity contribution in [3.63, 3.8) is 0 Å². The molecule has 0 fully saturated rings. The van der Waals surface area contributed by atoms with Crippen LogP contribution in [-0.4, -0.2) is 18.1 Å². The molecule has 1 N–H and O–H groups in total. The number of aromatic hydroxyl groups is 1. The summed E-state index contributed by atoms with van der Waals surface area (Å²) in [6, 6.07) is 5.28. The molecule has 0 amide bonds. The summed E-state index contributed by atoms with van der Waals surface area (Å²) in [5.41, 5.74) is 0. The zero-order valence-corrected chi connectivity index (χ0v) is 9.61. The minimum atomic E-state index is -4.81. The van der Waals surface area contributed by atoms with E-state index < -0.39 is 16.1 Å². The molecule has 1 aromatic rings. The number of benzene rings is 1. The van der Waals surface area contributed by atoms with Gasteiger partial charge in [-0.1, -0.05) is 12.1 Å². The maximum absolute atomic E-state index is 10.1. The zero-order valence-electron chi connectivity index (χ0n) is 6.80. The Kier molecular flexibility index (Phi) is 4.72. The van der Waals surface area contributed by atoms with Crippen LogP contribution >= 0.6 is 0 Å². The van der Waals surface area contributed by atoms with Crippen molar-refractivity contribution in [1.29, 1.82) is 0 Å². The number of rotatable bonds is 2. The molecule has 0 atom stereocenters. The second-order valence-corrected chi connectivity index (χ2v) is 2.94. The average molecular weight is 212 g/mol. The van der Waals surface area contributed by atoms with E-state index in [9.17, 15) is 13.0 Å². The van der Waals surface area contributed by atoms with Gasteiger partial charge >= 0.3 is 29.6 Å². The predicted molar refractivity (Wildman–Crippen MR) is 38.4 cm³/mol. The van der Waals surface area contributed by atoms with Crippen molar-refractivity contribution in [2.75, 3.05) is 0 Å². The van der Waals surface area contributed by atoms with Gasteiger partial charge in [0.25, 0.3) is 10.4 Å². The second-order valence-electron chi connectivity index (χ2n) is 1.96. The SMILES string of the molecule is O=S(=O)([O-])Oc1ccccc1O.[Na+]. The van der Waals surface area contributed by atoms with Crippen LogP contribution in [-0.2, 0) is 10.4 Å². The second kappa shape index (κ2) is 4.83. The summed E-state index contributed by atoms with van der Waals surface area (Å²) >= 11 is 0. The minimum Gasteiger partial charge on any atom is -0.716 e. The Bertz CT molecular complexity index is 374. The Morgan fingerprint density at radius 1 is 1.31 bits per heavy atom. The third kappa shape index (κ3) is 4.49. The molecule has 0 aliphatic carbocycles. The van der Waals surface area contributed by atoms with Crippen LogP contribution in [0.25, 0.3) is 0 Å². The molecule has 0 radical (unpaired) electrons. The van der Waals surface area contributed by atoms with E-state index in [0.29, 0.717) is 0 Å². The molecule has 66 valence electrons. The third-order valence-electron chi connectivity index (χ3n) is 1.06. The first kappa shape index (κ1) is 12.7. The summed E-state index contributed by atoms with van der Waals surface area (Å²) in [4.78, 5) is 0. The molecular weight excluding hydrogens is 207 g/mol. The molecule has 5 nitrogen and oxygen atoms in total. The molecule has 0 aliphatic heterocycles. The number of phenols is 1. The van der Waals surface area contributed by atoms with Crippen LogP contribution in [0, 0.1) is 0 Å². The Morgan fingerprint density at radius 2 is 1.85 bits per heavy atom. The maximum atomic E-state index is 10.1. The molecule has 0 spiro atoms. The van der Waals surface area contributed by atoms with E-state index in [1.807, 2.05) is 0 Å². The van der Waals surface area contributed by atoms with E-state index in [1.54, 1.807) is 0 Å². The van der Waals surface area contributed by atoms with E-state index in [0.717, 1.165) is 0 Å². The van der Waals surface area contributed by atoms with Crippen molar-refractivity contribution in [3.8, 4) is 11.5 Å². The van der Waals surface area contributed by atoms with Crippen LogP contribution in [0.4, 0.5) is 0 Å². The molecule has 0 bridgehead atoms. The van der Waals surface area contributed by atoms with E-state index in [-0.39, 0.29) is 35.3 Å². The fourth-order valence-electron chi connectivity index (χ4n) is 0.638. The maximum Gasteiger partial charge on any atom is 1.00 e. The van der Waals surface area contributed by atoms with Gasteiger partial charge in [0.2, 0.25) is 0 Å². The Balaban J connectivity index is 0.00000144. The van der Waals surface area contributed by atoms with Crippen molar-refractivity contribution < 1.29 is 51.8 Å². The number of para-hydroxylation sites is 2. The van der Waals surface area contributed by atoms with Gasteiger partial charge in [-0.3, -0.25) is 0 Å². The molecule has 1 aromatic carbocycles. The quantitative estimate of drug-likeness (QED) is 0.326. The van der Waals surface area contributed by atoms with Crippen molar-refractivity contribution in [3.05, 3.63) is 24.3 Å². The minimum absolute atomic E-state index is 0. The molecule has 0 saturated heterocycles. The molecular formula is C6H5NaO5S. The summed E-state index contributed by atoms with van der Waals surface area (Å²) in [5, 5.41) is 8.95. The van der Waals surface area contributed by atoms with E-state index in [2.05, 4.69) is 4.18 Å². The Hall–Kier alpha value is -0.270. The molecule has 0 unspecified atom stereocenters. The number of hydrogen-bond acceptors (Lipinski definition) is 5. The van der Waals surface area contributed by atoms with Crippen LogP contribution in [0.3, 0.4) is 0 Å². The van der Waals surface area contributed by atoms with Crippen LogP contribution < -0.4 is 33.7 Å². The summed E-state index contributed by atoms with van der Waals surface area (Å²) in [6.07, 6.45) is 0. The summed E-state index contributed by atoms with van der Waals surface area (Å²) in [6.45, 7) is 0. The molecule has 0 saturated carbocycles. The van der Waals surface area contributed by atoms with Crippen LogP contribution in [0.1, 0.15) is 0 Å². The van der Waals surface area contributed by atoms with Crippen molar-refractivity contribution in [2.24, 2.45) is 0 Å². The molecule has 0 aliphatic rings. The molecule has 1 rings (SSSR count). The topological polar surface area (TPSA) is 86.7 Å². The Morgan fingerprint density at radius 3 is 2.31 bits per heavy atom. The molecule has 0 aromatic heterocycles. The summed E-state index contributed by atoms with van der Waals surface area (Å²) < 4.78 is 34.1. The van der Waals surface area contributed by atoms with E-state index in [4.69, 9.17) is 5.11 Å². The Labute approximate surface area is 97.6 Å². The summed E-state index contributed by atoms with van der Waals surface area (Å²) in [7, 11) is -4.81. The number of hydrogen-bond donors (Lipinski definition) is 1. The largest absolute Gasteiger partial charge is 1.00 e. The van der Waals surface area contributed by atoms with Gasteiger partial charge in [0, 0.05) is 0 Å². The molecule has 0 heterocycles. The van der Waals surface area contributed by atoms with Gasteiger partial charge in [-0.15, -0.1) is 0 Å². The molecule has 7 heteroatoms. The monoisotopic (exact) mass is 212 g/mol. The van der Waals surface area contributed by atoms with Crippen molar-refractivity contribution >= 4 is 10.4 Å². The number of phenolic OH excluding ortho intramolecular Hbond substituents is 1.